The van der Waals surface area contributed by atoms with Crippen molar-refractivity contribution < 1.29 is 14.0 Å². The van der Waals surface area contributed by atoms with Gasteiger partial charge in [0.15, 0.2) is 0 Å². The standard InChI is InChI=1S/C30H63BO3/c1-7-13-16-22-28(19-10-4)25-32-31(33-26-29(20-11-5)23-17-14-8-2)34-27-30(21-12-6)24-18-15-9-3/h28-30H,7-27H2,1-6H3. The van der Waals surface area contributed by atoms with Crippen molar-refractivity contribution in [1.82, 2.24) is 0 Å². The molecule has 0 heterocycles. The van der Waals surface area contributed by atoms with Crippen molar-refractivity contribution >= 4 is 7.32 Å². The largest absolute Gasteiger partial charge is 0.639 e. The van der Waals surface area contributed by atoms with Crippen LogP contribution < -0.4 is 0 Å². The molecule has 4 heteroatoms. The Morgan fingerprint density at radius 3 is 0.912 bits per heavy atom. The van der Waals surface area contributed by atoms with Crippen LogP contribution in [0.4, 0.5) is 0 Å². The minimum atomic E-state index is -0.499. The predicted molar refractivity (Wildman–Crippen MR) is 151 cm³/mol. The minimum Gasteiger partial charge on any atom is -0.386 e. The van der Waals surface area contributed by atoms with Gasteiger partial charge in [0.25, 0.3) is 0 Å². The van der Waals surface area contributed by atoms with Gasteiger partial charge in [-0.3, -0.25) is 0 Å². The molecule has 0 aliphatic carbocycles. The number of rotatable bonds is 27. The maximum Gasteiger partial charge on any atom is 0.639 e. The topological polar surface area (TPSA) is 27.7 Å². The van der Waals surface area contributed by atoms with Crippen LogP contribution >= 0.6 is 0 Å². The monoisotopic (exact) mass is 482 g/mol. The van der Waals surface area contributed by atoms with E-state index < -0.39 is 7.32 Å². The zero-order chi connectivity index (χ0) is 25.3. The van der Waals surface area contributed by atoms with Crippen molar-refractivity contribution in [2.24, 2.45) is 17.8 Å². The lowest BCUT2D eigenvalue weighted by molar-refractivity contribution is 0.0515. The predicted octanol–water partition coefficient (Wildman–Crippen LogP) is 10.0. The van der Waals surface area contributed by atoms with Crippen LogP contribution in [0.25, 0.3) is 0 Å². The molecule has 0 radical (unpaired) electrons. The van der Waals surface area contributed by atoms with Crippen molar-refractivity contribution in [2.75, 3.05) is 19.8 Å². The quantitative estimate of drug-likeness (QED) is 0.0861. The van der Waals surface area contributed by atoms with E-state index in [0.717, 1.165) is 19.8 Å². The van der Waals surface area contributed by atoms with Gasteiger partial charge in [-0.05, 0) is 56.3 Å². The van der Waals surface area contributed by atoms with E-state index in [4.69, 9.17) is 14.0 Å². The van der Waals surface area contributed by atoms with Crippen molar-refractivity contribution in [3.63, 3.8) is 0 Å². The lowest BCUT2D eigenvalue weighted by atomic mass is 9.95. The summed E-state index contributed by atoms with van der Waals surface area (Å²) in [6, 6.07) is 0. The Hall–Kier alpha value is -0.0551. The second-order valence-electron chi connectivity index (χ2n) is 10.7. The van der Waals surface area contributed by atoms with Crippen molar-refractivity contribution in [2.45, 2.75) is 157 Å². The van der Waals surface area contributed by atoms with E-state index in [1.54, 1.807) is 0 Å². The van der Waals surface area contributed by atoms with Crippen LogP contribution in [-0.4, -0.2) is 27.1 Å². The fraction of sp³-hybridized carbons (Fsp3) is 1.00. The van der Waals surface area contributed by atoms with E-state index in [-0.39, 0.29) is 0 Å². The van der Waals surface area contributed by atoms with Gasteiger partial charge in [0.2, 0.25) is 0 Å². The first-order valence-corrected chi connectivity index (χ1v) is 15.5. The second kappa shape index (κ2) is 26.0. The Morgan fingerprint density at radius 2 is 0.676 bits per heavy atom. The average Bonchev–Trinajstić information content (AvgIpc) is 2.83. The number of hydrogen-bond acceptors (Lipinski definition) is 3. The summed E-state index contributed by atoms with van der Waals surface area (Å²) >= 11 is 0. The molecule has 3 nitrogen and oxygen atoms in total. The molecule has 204 valence electrons. The molecular weight excluding hydrogens is 419 g/mol. The third-order valence-electron chi connectivity index (χ3n) is 7.14. The third kappa shape index (κ3) is 20.2. The van der Waals surface area contributed by atoms with E-state index in [2.05, 4.69) is 41.5 Å². The smallest absolute Gasteiger partial charge is 0.386 e. The summed E-state index contributed by atoms with van der Waals surface area (Å²) in [7, 11) is -0.499. The molecule has 0 saturated carbocycles. The van der Waals surface area contributed by atoms with Crippen molar-refractivity contribution in [3.05, 3.63) is 0 Å². The van der Waals surface area contributed by atoms with E-state index >= 15 is 0 Å². The highest BCUT2D eigenvalue weighted by Gasteiger charge is 2.26. The van der Waals surface area contributed by atoms with Crippen molar-refractivity contribution in [1.29, 1.82) is 0 Å². The van der Waals surface area contributed by atoms with Crippen LogP contribution in [-0.2, 0) is 14.0 Å². The maximum absolute atomic E-state index is 6.35. The normalized spacial score (nSPS) is 14.3. The van der Waals surface area contributed by atoms with Crippen LogP contribution in [0.2, 0.25) is 0 Å². The molecule has 0 aromatic heterocycles. The van der Waals surface area contributed by atoms with Gasteiger partial charge in [0.1, 0.15) is 0 Å². The van der Waals surface area contributed by atoms with Crippen LogP contribution in [0.3, 0.4) is 0 Å². The van der Waals surface area contributed by atoms with Gasteiger partial charge in [-0.1, -0.05) is 119 Å². The van der Waals surface area contributed by atoms with Gasteiger partial charge in [0.05, 0.1) is 0 Å². The minimum absolute atomic E-state index is 0.499. The fourth-order valence-electron chi connectivity index (χ4n) is 5.00. The summed E-state index contributed by atoms with van der Waals surface area (Å²) < 4.78 is 19.1. The van der Waals surface area contributed by atoms with E-state index in [1.807, 2.05) is 0 Å². The highest BCUT2D eigenvalue weighted by atomic mass is 16.7. The molecule has 0 saturated heterocycles. The van der Waals surface area contributed by atoms with Gasteiger partial charge in [-0.15, -0.1) is 0 Å². The Balaban J connectivity index is 4.93. The molecule has 0 fully saturated rings. The molecule has 0 aliphatic rings. The molecule has 0 N–H and O–H groups in total. The molecular formula is C30H63BO3. The summed E-state index contributed by atoms with van der Waals surface area (Å²) in [5, 5.41) is 0. The first-order chi connectivity index (χ1) is 16.6. The fourth-order valence-corrected chi connectivity index (χ4v) is 5.00. The van der Waals surface area contributed by atoms with E-state index in [1.165, 1.54) is 116 Å². The molecule has 0 rings (SSSR count). The summed E-state index contributed by atoms with van der Waals surface area (Å²) in [5.74, 6) is 1.87. The summed E-state index contributed by atoms with van der Waals surface area (Å²) in [6.45, 7) is 16.0. The Labute approximate surface area is 216 Å². The average molecular weight is 483 g/mol. The van der Waals surface area contributed by atoms with E-state index in [9.17, 15) is 0 Å². The molecule has 0 spiro atoms. The van der Waals surface area contributed by atoms with Crippen molar-refractivity contribution in [3.8, 4) is 0 Å². The molecule has 3 atom stereocenters. The first kappa shape index (κ1) is 33.9. The SMILES string of the molecule is CCCCCC(CCC)COB(OCC(CCC)CCCCC)OCC(CCC)CCCCC. The maximum atomic E-state index is 6.35. The lowest BCUT2D eigenvalue weighted by Crippen LogP contribution is -2.33. The molecule has 0 bridgehead atoms. The Bertz CT molecular complexity index is 336. The molecule has 0 aromatic carbocycles. The number of unbranched alkanes of at least 4 members (excludes halogenated alkanes) is 6. The summed E-state index contributed by atoms with van der Waals surface area (Å²) in [5.41, 5.74) is 0. The summed E-state index contributed by atoms with van der Waals surface area (Å²) in [6.07, 6.45) is 22.9. The Kier molecular flexibility index (Phi) is 26.0. The highest BCUT2D eigenvalue weighted by Crippen LogP contribution is 2.21. The Morgan fingerprint density at radius 1 is 0.382 bits per heavy atom. The third-order valence-corrected chi connectivity index (χ3v) is 7.14. The zero-order valence-electron chi connectivity index (χ0n) is 24.4. The van der Waals surface area contributed by atoms with Crippen LogP contribution in [0.15, 0.2) is 0 Å². The summed E-state index contributed by atoms with van der Waals surface area (Å²) in [4.78, 5) is 0. The lowest BCUT2D eigenvalue weighted by Gasteiger charge is -2.24. The van der Waals surface area contributed by atoms with Gasteiger partial charge < -0.3 is 14.0 Å². The second-order valence-corrected chi connectivity index (χ2v) is 10.7. The first-order valence-electron chi connectivity index (χ1n) is 15.5. The molecule has 0 amide bonds. The molecule has 0 aromatic rings. The highest BCUT2D eigenvalue weighted by molar-refractivity contribution is 6.36. The molecule has 3 unspecified atom stereocenters. The van der Waals surface area contributed by atoms with Crippen LogP contribution in [0.5, 0.6) is 0 Å². The molecule has 34 heavy (non-hydrogen) atoms. The zero-order valence-corrected chi connectivity index (χ0v) is 24.4. The van der Waals surface area contributed by atoms with Gasteiger partial charge in [0, 0.05) is 19.8 Å². The number of hydrogen-bond donors (Lipinski definition) is 0. The molecule has 0 aliphatic heterocycles. The van der Waals surface area contributed by atoms with Crippen LogP contribution in [0, 0.1) is 17.8 Å². The van der Waals surface area contributed by atoms with Gasteiger partial charge >= 0.3 is 7.32 Å². The van der Waals surface area contributed by atoms with Gasteiger partial charge in [-0.2, -0.15) is 0 Å². The van der Waals surface area contributed by atoms with Gasteiger partial charge in [-0.25, -0.2) is 0 Å². The van der Waals surface area contributed by atoms with E-state index in [0.29, 0.717) is 17.8 Å². The van der Waals surface area contributed by atoms with Crippen LogP contribution in [0.1, 0.15) is 157 Å².